The summed E-state index contributed by atoms with van der Waals surface area (Å²) in [5, 5.41) is 4.01. The first-order chi connectivity index (χ1) is 15.7. The van der Waals surface area contributed by atoms with Crippen molar-refractivity contribution in [2.75, 3.05) is 7.11 Å². The van der Waals surface area contributed by atoms with Crippen LogP contribution in [0.4, 0.5) is 0 Å². The Morgan fingerprint density at radius 3 is 2.39 bits per heavy atom. The van der Waals surface area contributed by atoms with Crippen LogP contribution in [0.1, 0.15) is 50.7 Å². The Labute approximate surface area is 199 Å². The van der Waals surface area contributed by atoms with E-state index < -0.39 is 11.9 Å². The number of nitrogens with one attached hydrogen (secondary N) is 1. The molecule has 1 atom stereocenters. The van der Waals surface area contributed by atoms with Gasteiger partial charge in [0.15, 0.2) is 5.78 Å². The third-order valence-corrected chi connectivity index (χ3v) is 6.43. The highest BCUT2D eigenvalue weighted by Crippen LogP contribution is 2.46. The zero-order chi connectivity index (χ0) is 23.8. The molecule has 0 unspecified atom stereocenters. The van der Waals surface area contributed by atoms with Crippen LogP contribution in [0.5, 0.6) is 5.75 Å². The highest BCUT2D eigenvalue weighted by atomic mass is 35.5. The molecule has 5 nitrogen and oxygen atoms in total. The molecule has 1 aliphatic carbocycles. The standard InChI is InChI=1S/C27H28ClNO4/c1-16-23(26(31)32-4)24(25-21(29-16)13-27(2,3)14-22(25)30)18-7-11-20(12-8-18)33-15-17-5-9-19(28)10-6-17/h5-12,24,29H,13-15H2,1-4H3/t24-/m1/s1. The first kappa shape index (κ1) is 23.1. The third-order valence-electron chi connectivity index (χ3n) is 6.18. The van der Waals surface area contributed by atoms with E-state index in [1.807, 2.05) is 55.5 Å². The van der Waals surface area contributed by atoms with Crippen LogP contribution in [0.25, 0.3) is 0 Å². The number of esters is 1. The first-order valence-electron chi connectivity index (χ1n) is 11.0. The molecule has 0 fully saturated rings. The number of allylic oxidation sites excluding steroid dienone is 3. The summed E-state index contributed by atoms with van der Waals surface area (Å²) in [6.07, 6.45) is 1.19. The number of methoxy groups -OCH3 is 1. The quantitative estimate of drug-likeness (QED) is 0.574. The normalized spacial score (nSPS) is 19.7. The predicted molar refractivity (Wildman–Crippen MR) is 128 cm³/mol. The van der Waals surface area contributed by atoms with E-state index in [1.165, 1.54) is 7.11 Å². The van der Waals surface area contributed by atoms with Gasteiger partial charge in [-0.3, -0.25) is 4.79 Å². The predicted octanol–water partition coefficient (Wildman–Crippen LogP) is 5.70. The number of hydrogen-bond acceptors (Lipinski definition) is 5. The number of hydrogen-bond donors (Lipinski definition) is 1. The molecule has 33 heavy (non-hydrogen) atoms. The number of Topliss-reactive ketones (excluding diaryl/α,β-unsaturated/α-hetero) is 1. The summed E-state index contributed by atoms with van der Waals surface area (Å²) < 4.78 is 11.0. The fraction of sp³-hybridized carbons (Fsp3) is 0.333. The summed E-state index contributed by atoms with van der Waals surface area (Å²) in [5.41, 5.74) is 4.49. The molecule has 2 aliphatic rings. The van der Waals surface area contributed by atoms with Crippen molar-refractivity contribution in [3.63, 3.8) is 0 Å². The molecule has 0 radical (unpaired) electrons. The second-order valence-electron chi connectivity index (χ2n) is 9.41. The maximum Gasteiger partial charge on any atom is 0.336 e. The van der Waals surface area contributed by atoms with Crippen LogP contribution in [-0.2, 0) is 20.9 Å². The largest absolute Gasteiger partial charge is 0.489 e. The Morgan fingerprint density at radius 1 is 1.09 bits per heavy atom. The second kappa shape index (κ2) is 9.06. The minimum atomic E-state index is -0.470. The van der Waals surface area contributed by atoms with Crippen molar-refractivity contribution in [3.05, 3.63) is 87.2 Å². The SMILES string of the molecule is COC(=O)C1=C(C)NC2=C(C(=O)CC(C)(C)C2)[C@@H]1c1ccc(OCc2ccc(Cl)cc2)cc1. The summed E-state index contributed by atoms with van der Waals surface area (Å²) in [4.78, 5) is 26.0. The Hall–Kier alpha value is -3.05. The number of halogens is 1. The molecule has 6 heteroatoms. The molecule has 0 bridgehead atoms. The average Bonchev–Trinajstić information content (AvgIpc) is 2.77. The monoisotopic (exact) mass is 465 g/mol. The Morgan fingerprint density at radius 2 is 1.76 bits per heavy atom. The van der Waals surface area contributed by atoms with Crippen LogP contribution in [0.15, 0.2) is 71.1 Å². The van der Waals surface area contributed by atoms with Gasteiger partial charge in [-0.15, -0.1) is 0 Å². The van der Waals surface area contributed by atoms with Crippen LogP contribution in [0.2, 0.25) is 5.02 Å². The van der Waals surface area contributed by atoms with E-state index in [1.54, 1.807) is 0 Å². The highest BCUT2D eigenvalue weighted by molar-refractivity contribution is 6.30. The van der Waals surface area contributed by atoms with Crippen molar-refractivity contribution in [3.8, 4) is 5.75 Å². The maximum absolute atomic E-state index is 13.2. The van der Waals surface area contributed by atoms with Gasteiger partial charge in [0.1, 0.15) is 12.4 Å². The summed E-state index contributed by atoms with van der Waals surface area (Å²) in [7, 11) is 1.36. The lowest BCUT2D eigenvalue weighted by Crippen LogP contribution is -2.38. The van der Waals surface area contributed by atoms with Crippen LogP contribution in [0, 0.1) is 5.41 Å². The second-order valence-corrected chi connectivity index (χ2v) is 9.84. The topological polar surface area (TPSA) is 64.6 Å². The van der Waals surface area contributed by atoms with Gasteiger partial charge in [0, 0.05) is 34.3 Å². The Balaban J connectivity index is 1.65. The Bertz CT molecular complexity index is 1140. The van der Waals surface area contributed by atoms with Gasteiger partial charge in [-0.05, 0) is 54.2 Å². The van der Waals surface area contributed by atoms with Crippen molar-refractivity contribution in [2.45, 2.75) is 46.1 Å². The average molecular weight is 466 g/mol. The van der Waals surface area contributed by atoms with Gasteiger partial charge in [-0.1, -0.05) is 49.7 Å². The third kappa shape index (κ3) is 4.83. The molecule has 0 saturated carbocycles. The van der Waals surface area contributed by atoms with Gasteiger partial charge in [-0.2, -0.15) is 0 Å². The molecule has 1 N–H and O–H groups in total. The van der Waals surface area contributed by atoms with E-state index in [0.29, 0.717) is 34.9 Å². The molecule has 0 saturated heterocycles. The number of dihydropyridines is 1. The minimum Gasteiger partial charge on any atom is -0.489 e. The van der Waals surface area contributed by atoms with Crippen LogP contribution >= 0.6 is 11.6 Å². The summed E-state index contributed by atoms with van der Waals surface area (Å²) >= 11 is 5.94. The number of carbonyl (C=O) groups is 2. The zero-order valence-corrected chi connectivity index (χ0v) is 20.1. The molecule has 0 aromatic heterocycles. The summed E-state index contributed by atoms with van der Waals surface area (Å²) in [6.45, 7) is 6.46. The van der Waals surface area contributed by atoms with Gasteiger partial charge in [0.25, 0.3) is 0 Å². The fourth-order valence-electron chi connectivity index (χ4n) is 4.65. The molecule has 0 amide bonds. The zero-order valence-electron chi connectivity index (χ0n) is 19.3. The highest BCUT2D eigenvalue weighted by Gasteiger charge is 2.42. The van der Waals surface area contributed by atoms with Gasteiger partial charge in [0.05, 0.1) is 12.7 Å². The lowest BCUT2D eigenvalue weighted by atomic mass is 9.68. The molecule has 2 aromatic carbocycles. The Kier molecular flexibility index (Phi) is 6.35. The van der Waals surface area contributed by atoms with Crippen molar-refractivity contribution in [1.82, 2.24) is 5.32 Å². The lowest BCUT2D eigenvalue weighted by Gasteiger charge is -2.39. The van der Waals surface area contributed by atoms with Crippen molar-refractivity contribution < 1.29 is 19.1 Å². The first-order valence-corrected chi connectivity index (χ1v) is 11.4. The molecule has 0 spiro atoms. The van der Waals surface area contributed by atoms with E-state index in [4.69, 9.17) is 21.1 Å². The van der Waals surface area contributed by atoms with E-state index in [0.717, 1.165) is 28.9 Å². The molecule has 1 aliphatic heterocycles. The van der Waals surface area contributed by atoms with Crippen molar-refractivity contribution in [1.29, 1.82) is 0 Å². The number of ketones is 1. The van der Waals surface area contributed by atoms with E-state index >= 15 is 0 Å². The summed E-state index contributed by atoms with van der Waals surface area (Å²) in [6, 6.07) is 15.1. The lowest BCUT2D eigenvalue weighted by molar-refractivity contribution is -0.136. The van der Waals surface area contributed by atoms with Gasteiger partial charge < -0.3 is 14.8 Å². The molecular formula is C27H28ClNO4. The number of carbonyl (C=O) groups excluding carboxylic acids is 2. The van der Waals surface area contributed by atoms with Gasteiger partial charge in [-0.25, -0.2) is 4.79 Å². The van der Waals surface area contributed by atoms with Crippen LogP contribution in [-0.4, -0.2) is 18.9 Å². The van der Waals surface area contributed by atoms with Crippen molar-refractivity contribution >= 4 is 23.4 Å². The van der Waals surface area contributed by atoms with E-state index in [9.17, 15) is 9.59 Å². The smallest absolute Gasteiger partial charge is 0.336 e. The van der Waals surface area contributed by atoms with Crippen molar-refractivity contribution in [2.24, 2.45) is 5.41 Å². The van der Waals surface area contributed by atoms with E-state index in [-0.39, 0.29) is 11.2 Å². The van der Waals surface area contributed by atoms with Gasteiger partial charge >= 0.3 is 5.97 Å². The number of benzene rings is 2. The van der Waals surface area contributed by atoms with Crippen LogP contribution in [0.3, 0.4) is 0 Å². The molecule has 1 heterocycles. The van der Waals surface area contributed by atoms with Gasteiger partial charge in [0.2, 0.25) is 0 Å². The van der Waals surface area contributed by atoms with Crippen LogP contribution < -0.4 is 10.1 Å². The van der Waals surface area contributed by atoms with E-state index in [2.05, 4.69) is 19.2 Å². The summed E-state index contributed by atoms with van der Waals surface area (Å²) in [5.74, 6) is -0.135. The minimum absolute atomic E-state index is 0.0655. The molecule has 2 aromatic rings. The fourth-order valence-corrected chi connectivity index (χ4v) is 4.78. The maximum atomic E-state index is 13.2. The number of ether oxygens (including phenoxy) is 2. The molecule has 4 rings (SSSR count). The number of rotatable bonds is 5. The molecular weight excluding hydrogens is 438 g/mol. The molecule has 172 valence electrons.